The maximum Gasteiger partial charge on any atom is 0.318 e. The summed E-state index contributed by atoms with van der Waals surface area (Å²) in [4.78, 5) is 36.3. The molecule has 158 valence electrons. The number of nitrogens with two attached hydrogens (primary N) is 1. The van der Waals surface area contributed by atoms with Gasteiger partial charge in [0.05, 0.1) is 22.7 Å². The van der Waals surface area contributed by atoms with E-state index in [9.17, 15) is 14.4 Å². The van der Waals surface area contributed by atoms with Gasteiger partial charge in [0.15, 0.2) is 5.16 Å². The molecule has 2 heterocycles. The molecule has 3 N–H and O–H groups in total. The van der Waals surface area contributed by atoms with Crippen molar-refractivity contribution in [1.29, 1.82) is 0 Å². The van der Waals surface area contributed by atoms with Crippen LogP contribution in [-0.4, -0.2) is 36.4 Å². The largest absolute Gasteiger partial charge is 0.351 e. The Morgan fingerprint density at radius 2 is 1.84 bits per heavy atom. The van der Waals surface area contributed by atoms with Crippen LogP contribution < -0.4 is 16.6 Å². The average Bonchev–Trinajstić information content (AvgIpc) is 3.15. The van der Waals surface area contributed by atoms with Crippen LogP contribution in [0.1, 0.15) is 18.1 Å². The van der Waals surface area contributed by atoms with Gasteiger partial charge in [-0.05, 0) is 31.5 Å². The third-order valence-electron chi connectivity index (χ3n) is 4.84. The van der Waals surface area contributed by atoms with Crippen molar-refractivity contribution in [2.75, 3.05) is 0 Å². The minimum Gasteiger partial charge on any atom is -0.351 e. The highest BCUT2D eigenvalue weighted by Gasteiger charge is 2.22. The summed E-state index contributed by atoms with van der Waals surface area (Å²) in [7, 11) is 0. The minimum absolute atomic E-state index is 0.174. The molecule has 0 saturated carbocycles. The molecule has 0 fully saturated rings. The van der Waals surface area contributed by atoms with Gasteiger partial charge in [-0.15, -0.1) is 10.2 Å². The van der Waals surface area contributed by atoms with Gasteiger partial charge >= 0.3 is 6.03 Å². The molecule has 0 aliphatic heterocycles. The third kappa shape index (κ3) is 4.02. The number of hydrogen-bond donors (Lipinski definition) is 2. The van der Waals surface area contributed by atoms with E-state index < -0.39 is 17.2 Å². The van der Waals surface area contributed by atoms with Gasteiger partial charge in [-0.1, -0.05) is 53.7 Å². The van der Waals surface area contributed by atoms with Gasteiger partial charge in [0.25, 0.3) is 5.56 Å². The predicted molar refractivity (Wildman–Crippen MR) is 118 cm³/mol. The maximum atomic E-state index is 13.2. The van der Waals surface area contributed by atoms with E-state index in [1.807, 2.05) is 43.3 Å². The summed E-state index contributed by atoms with van der Waals surface area (Å²) < 4.78 is 3.32. The summed E-state index contributed by atoms with van der Waals surface area (Å²) in [6.45, 7) is 3.96. The van der Waals surface area contributed by atoms with Gasteiger partial charge < -0.3 is 5.73 Å². The molecule has 31 heavy (non-hydrogen) atoms. The number of nitrogens with zero attached hydrogens (tertiary/aromatic N) is 4. The molecule has 4 aromatic rings. The van der Waals surface area contributed by atoms with Crippen molar-refractivity contribution in [2.45, 2.75) is 30.8 Å². The normalized spacial score (nSPS) is 12.2. The quantitative estimate of drug-likeness (QED) is 0.462. The van der Waals surface area contributed by atoms with Crippen LogP contribution in [0.3, 0.4) is 0 Å². The number of hydrogen-bond acceptors (Lipinski definition) is 6. The van der Waals surface area contributed by atoms with Crippen molar-refractivity contribution in [1.82, 2.24) is 24.5 Å². The molecule has 0 bridgehead atoms. The van der Waals surface area contributed by atoms with Crippen LogP contribution in [0.15, 0.2) is 58.5 Å². The number of urea groups is 1. The smallest absolute Gasteiger partial charge is 0.318 e. The zero-order valence-corrected chi connectivity index (χ0v) is 17.7. The maximum absolute atomic E-state index is 13.2. The lowest BCUT2D eigenvalue weighted by Gasteiger charge is -2.13. The van der Waals surface area contributed by atoms with E-state index in [0.29, 0.717) is 28.4 Å². The first-order valence-corrected chi connectivity index (χ1v) is 10.4. The number of aromatic nitrogens is 4. The first-order valence-electron chi connectivity index (χ1n) is 9.54. The van der Waals surface area contributed by atoms with Crippen molar-refractivity contribution >= 4 is 40.4 Å². The first-order chi connectivity index (χ1) is 14.8. The highest BCUT2D eigenvalue weighted by atomic mass is 32.2. The summed E-state index contributed by atoms with van der Waals surface area (Å²) in [5.41, 5.74) is 7.58. The van der Waals surface area contributed by atoms with E-state index >= 15 is 0 Å². The summed E-state index contributed by atoms with van der Waals surface area (Å²) in [5, 5.41) is 10.8. The topological polar surface area (TPSA) is 124 Å². The van der Waals surface area contributed by atoms with Crippen molar-refractivity contribution in [3.8, 4) is 0 Å². The Hall–Kier alpha value is -3.66. The second kappa shape index (κ2) is 8.23. The molecule has 0 saturated heterocycles. The fourth-order valence-electron chi connectivity index (χ4n) is 3.26. The Bertz CT molecular complexity index is 1360. The van der Waals surface area contributed by atoms with Gasteiger partial charge in [-0.3, -0.25) is 23.9 Å². The molecular formula is C21H20N6O3S. The Kier molecular flexibility index (Phi) is 5.47. The summed E-state index contributed by atoms with van der Waals surface area (Å²) in [6.07, 6.45) is 0. The summed E-state index contributed by atoms with van der Waals surface area (Å²) in [6, 6.07) is 14.2. The Balaban J connectivity index is 1.84. The van der Waals surface area contributed by atoms with Crippen LogP contribution in [-0.2, 0) is 11.3 Å². The first kappa shape index (κ1) is 20.6. The molecule has 1 atom stereocenters. The highest BCUT2D eigenvalue weighted by molar-refractivity contribution is 8.00. The standard InChI is InChI=1S/C21H20N6O3S/c1-12-7-9-14(10-8-12)11-26-18(29)15-5-3-4-6-16(15)27-20(26)24-25-21(27)31-13(2)17(28)23-19(22)30/h3-10,13H,11H2,1-2H3,(H3,22,23,28,30)/t13-/m1/s1. The molecule has 0 spiro atoms. The number of carbonyl (C=O) groups excluding carboxylic acids is 2. The second-order valence-electron chi connectivity index (χ2n) is 7.13. The number of amides is 3. The summed E-state index contributed by atoms with van der Waals surface area (Å²) >= 11 is 1.12. The highest BCUT2D eigenvalue weighted by Crippen LogP contribution is 2.25. The number of thioether (sulfide) groups is 1. The zero-order chi connectivity index (χ0) is 22.1. The Morgan fingerprint density at radius 1 is 1.13 bits per heavy atom. The fraction of sp³-hybridized carbons (Fsp3) is 0.190. The van der Waals surface area contributed by atoms with E-state index in [1.54, 1.807) is 28.0 Å². The van der Waals surface area contributed by atoms with Gasteiger partial charge in [0.1, 0.15) is 0 Å². The van der Waals surface area contributed by atoms with Crippen LogP contribution in [0.5, 0.6) is 0 Å². The number of rotatable bonds is 5. The SMILES string of the molecule is Cc1ccc(Cn2c(=O)c3ccccc3n3c(S[C@H](C)C(=O)NC(N)=O)nnc23)cc1. The third-order valence-corrected chi connectivity index (χ3v) is 5.88. The molecule has 9 nitrogen and oxygen atoms in total. The van der Waals surface area contributed by atoms with Crippen molar-refractivity contribution < 1.29 is 9.59 Å². The van der Waals surface area contributed by atoms with E-state index in [0.717, 1.165) is 22.9 Å². The molecule has 4 rings (SSSR count). The van der Waals surface area contributed by atoms with Crippen LogP contribution in [0.25, 0.3) is 16.7 Å². The Labute approximate surface area is 181 Å². The minimum atomic E-state index is -0.916. The molecule has 10 heteroatoms. The summed E-state index contributed by atoms with van der Waals surface area (Å²) in [5.74, 6) is -0.166. The van der Waals surface area contributed by atoms with Gasteiger partial charge in [-0.2, -0.15) is 0 Å². The molecule has 0 radical (unpaired) electrons. The van der Waals surface area contributed by atoms with Gasteiger partial charge in [-0.25, -0.2) is 4.79 Å². The molecular weight excluding hydrogens is 416 g/mol. The lowest BCUT2D eigenvalue weighted by molar-refractivity contribution is -0.119. The number of primary amides is 1. The van der Waals surface area contributed by atoms with Crippen molar-refractivity contribution in [3.05, 3.63) is 70.0 Å². The number of nitrogens with one attached hydrogen (secondary N) is 1. The van der Waals surface area contributed by atoms with Crippen molar-refractivity contribution in [2.24, 2.45) is 5.73 Å². The monoisotopic (exact) mass is 436 g/mol. The number of aryl methyl sites for hydroxylation is 1. The number of benzene rings is 2. The van der Waals surface area contributed by atoms with E-state index in [2.05, 4.69) is 15.5 Å². The molecule has 0 aliphatic rings. The zero-order valence-electron chi connectivity index (χ0n) is 16.9. The van der Waals surface area contributed by atoms with Crippen LogP contribution in [0.2, 0.25) is 0 Å². The number of imide groups is 1. The molecule has 2 aromatic carbocycles. The number of fused-ring (bicyclic) bond motifs is 3. The lowest BCUT2D eigenvalue weighted by Crippen LogP contribution is -2.39. The molecule has 2 aromatic heterocycles. The van der Waals surface area contributed by atoms with Crippen LogP contribution in [0.4, 0.5) is 4.79 Å². The van der Waals surface area contributed by atoms with E-state index in [4.69, 9.17) is 5.73 Å². The predicted octanol–water partition coefficient (Wildman–Crippen LogP) is 2.08. The van der Waals surface area contributed by atoms with Crippen LogP contribution >= 0.6 is 11.8 Å². The molecule has 0 unspecified atom stereocenters. The average molecular weight is 436 g/mol. The fourth-order valence-corrected chi connectivity index (χ4v) is 4.12. The van der Waals surface area contributed by atoms with Gasteiger partial charge in [0.2, 0.25) is 11.7 Å². The second-order valence-corrected chi connectivity index (χ2v) is 8.43. The number of para-hydroxylation sites is 1. The molecule has 3 amide bonds. The van der Waals surface area contributed by atoms with E-state index in [-0.39, 0.29) is 5.56 Å². The van der Waals surface area contributed by atoms with Crippen molar-refractivity contribution in [3.63, 3.8) is 0 Å². The van der Waals surface area contributed by atoms with E-state index in [1.165, 1.54) is 0 Å². The van der Waals surface area contributed by atoms with Crippen LogP contribution in [0, 0.1) is 6.92 Å². The molecule has 0 aliphatic carbocycles. The van der Waals surface area contributed by atoms with Gasteiger partial charge in [0, 0.05) is 0 Å². The number of carbonyl (C=O) groups is 2. The lowest BCUT2D eigenvalue weighted by atomic mass is 10.1. The Morgan fingerprint density at radius 3 is 2.55 bits per heavy atom.